The molecule has 10 unspecified atom stereocenters. The summed E-state index contributed by atoms with van der Waals surface area (Å²) in [6, 6.07) is 10.1. The summed E-state index contributed by atoms with van der Waals surface area (Å²) in [5.41, 5.74) is 3.35. The smallest absolute Gasteiger partial charge is 0.317 e. The van der Waals surface area contributed by atoms with Gasteiger partial charge in [-0.05, 0) is 117 Å². The minimum absolute atomic E-state index is 0.0347. The fourth-order valence-electron chi connectivity index (χ4n) is 11.5. The maximum atomic E-state index is 14.2. The molecular formula is C39H56N2O3. The first-order valence-corrected chi connectivity index (χ1v) is 17.8. The zero-order valence-electron chi connectivity index (χ0n) is 27.8. The van der Waals surface area contributed by atoms with E-state index in [9.17, 15) is 15.0 Å². The first kappa shape index (κ1) is 30.5. The van der Waals surface area contributed by atoms with E-state index >= 15 is 0 Å². The highest BCUT2D eigenvalue weighted by molar-refractivity contribution is 5.75. The molecule has 0 aromatic heterocycles. The molecule has 0 heterocycles. The SMILES string of the molecule is CC(NC(=O)N(CC1CCC2CC1C2(C)C)CC1(O)CCC2C3=CC=C4CC(O)CCC4(C)C3CCC21C)c1ccccc1. The van der Waals surface area contributed by atoms with Gasteiger partial charge in [0, 0.05) is 12.0 Å². The van der Waals surface area contributed by atoms with E-state index < -0.39 is 5.60 Å². The third-order valence-corrected chi connectivity index (χ3v) is 14.7. The Labute approximate surface area is 265 Å². The van der Waals surface area contributed by atoms with Crippen LogP contribution in [0.2, 0.25) is 0 Å². The fraction of sp³-hybridized carbons (Fsp3) is 0.718. The Morgan fingerprint density at radius 2 is 1.73 bits per heavy atom. The van der Waals surface area contributed by atoms with Gasteiger partial charge in [0.15, 0.2) is 0 Å². The third kappa shape index (κ3) is 4.65. The largest absolute Gasteiger partial charge is 0.393 e. The molecule has 0 saturated heterocycles. The molecule has 240 valence electrons. The highest BCUT2D eigenvalue weighted by Gasteiger charge is 2.63. The Bertz CT molecular complexity index is 1330. The zero-order chi connectivity index (χ0) is 31.1. The van der Waals surface area contributed by atoms with E-state index in [2.05, 4.69) is 64.2 Å². The molecule has 2 bridgehead atoms. The molecule has 6 fully saturated rings. The molecule has 5 heteroatoms. The lowest BCUT2D eigenvalue weighted by molar-refractivity contribution is -0.122. The van der Waals surface area contributed by atoms with Crippen LogP contribution in [0.25, 0.3) is 0 Å². The van der Waals surface area contributed by atoms with Crippen LogP contribution in [0.3, 0.4) is 0 Å². The van der Waals surface area contributed by atoms with E-state index in [1.165, 1.54) is 30.4 Å². The average molecular weight is 601 g/mol. The molecule has 7 aliphatic carbocycles. The van der Waals surface area contributed by atoms with Crippen molar-refractivity contribution >= 4 is 6.03 Å². The van der Waals surface area contributed by atoms with Crippen molar-refractivity contribution in [2.45, 2.75) is 117 Å². The molecule has 0 spiro atoms. The lowest BCUT2D eigenvalue weighted by Crippen LogP contribution is -2.60. The van der Waals surface area contributed by atoms with Gasteiger partial charge < -0.3 is 20.4 Å². The van der Waals surface area contributed by atoms with Crippen LogP contribution in [-0.2, 0) is 0 Å². The average Bonchev–Trinajstić information content (AvgIpc) is 3.27. The first-order chi connectivity index (χ1) is 20.9. The summed E-state index contributed by atoms with van der Waals surface area (Å²) in [5, 5.41) is 26.5. The number of carbonyl (C=O) groups is 1. The molecule has 6 saturated carbocycles. The summed E-state index contributed by atoms with van der Waals surface area (Å²) in [5.74, 6) is 2.80. The standard InChI is InChI=1S/C39H56N2O3/c1-25(26-9-7-6-8-10-26)40-35(43)41(23-27-11-12-28-22-34(27)36(28,2)3)24-39(44)20-17-33-31-14-13-29-21-30(42)15-18-37(29,4)32(31)16-19-38(33,39)5/h6-10,13-14,25,27-28,30,32-34,42,44H,11-12,15-24H2,1-5H3,(H,40,43). The minimum atomic E-state index is -0.920. The van der Waals surface area contributed by atoms with Gasteiger partial charge >= 0.3 is 6.03 Å². The maximum absolute atomic E-state index is 14.2. The molecule has 0 radical (unpaired) electrons. The highest BCUT2D eigenvalue weighted by atomic mass is 16.3. The van der Waals surface area contributed by atoms with Crippen LogP contribution in [0, 0.1) is 45.8 Å². The van der Waals surface area contributed by atoms with E-state index in [4.69, 9.17) is 0 Å². The van der Waals surface area contributed by atoms with Crippen molar-refractivity contribution in [3.05, 3.63) is 59.2 Å². The molecule has 1 aromatic carbocycles. The van der Waals surface area contributed by atoms with Gasteiger partial charge in [-0.25, -0.2) is 4.79 Å². The second-order valence-corrected chi connectivity index (χ2v) is 17.0. The summed E-state index contributed by atoms with van der Waals surface area (Å²) >= 11 is 0. The number of allylic oxidation sites excluding steroid dienone is 3. The minimum Gasteiger partial charge on any atom is -0.393 e. The number of fused-ring (bicyclic) bond motifs is 7. The summed E-state index contributed by atoms with van der Waals surface area (Å²) in [4.78, 5) is 16.2. The number of nitrogens with one attached hydrogen (secondary N) is 1. The van der Waals surface area contributed by atoms with Gasteiger partial charge in [0.05, 0.1) is 24.3 Å². The van der Waals surface area contributed by atoms with Crippen LogP contribution in [0.15, 0.2) is 53.6 Å². The number of hydrogen-bond donors (Lipinski definition) is 3. The molecule has 44 heavy (non-hydrogen) atoms. The van der Waals surface area contributed by atoms with Crippen LogP contribution in [0.5, 0.6) is 0 Å². The van der Waals surface area contributed by atoms with Gasteiger partial charge in [0.2, 0.25) is 0 Å². The Morgan fingerprint density at radius 3 is 2.45 bits per heavy atom. The summed E-state index contributed by atoms with van der Waals surface area (Å²) in [7, 11) is 0. The Kier molecular flexibility index (Phi) is 7.44. The number of nitrogens with zero attached hydrogens (tertiary/aromatic N) is 1. The number of hydrogen-bond acceptors (Lipinski definition) is 3. The quantitative estimate of drug-likeness (QED) is 0.312. The number of rotatable bonds is 6. The molecule has 2 amide bonds. The number of amides is 2. The van der Waals surface area contributed by atoms with Gasteiger partial charge in [-0.15, -0.1) is 0 Å². The van der Waals surface area contributed by atoms with Crippen molar-refractivity contribution in [1.82, 2.24) is 10.2 Å². The molecule has 10 atom stereocenters. The van der Waals surface area contributed by atoms with E-state index in [-0.39, 0.29) is 29.0 Å². The monoisotopic (exact) mass is 600 g/mol. The van der Waals surface area contributed by atoms with Crippen molar-refractivity contribution in [1.29, 1.82) is 0 Å². The lowest BCUT2D eigenvalue weighted by Gasteiger charge is -2.61. The molecule has 0 aliphatic heterocycles. The molecule has 5 nitrogen and oxygen atoms in total. The van der Waals surface area contributed by atoms with Crippen LogP contribution in [-0.4, -0.2) is 45.9 Å². The van der Waals surface area contributed by atoms with Crippen LogP contribution >= 0.6 is 0 Å². The summed E-state index contributed by atoms with van der Waals surface area (Å²) in [6.07, 6.45) is 14.7. The summed E-state index contributed by atoms with van der Waals surface area (Å²) < 4.78 is 0. The van der Waals surface area contributed by atoms with Crippen molar-refractivity contribution in [2.24, 2.45) is 45.8 Å². The van der Waals surface area contributed by atoms with Gasteiger partial charge in [-0.1, -0.05) is 81.3 Å². The van der Waals surface area contributed by atoms with Crippen molar-refractivity contribution in [3.63, 3.8) is 0 Å². The van der Waals surface area contributed by atoms with Gasteiger partial charge in [-0.2, -0.15) is 0 Å². The predicted molar refractivity (Wildman–Crippen MR) is 176 cm³/mol. The second kappa shape index (κ2) is 10.7. The Hall–Kier alpha value is -2.11. The van der Waals surface area contributed by atoms with Gasteiger partial charge in [-0.3, -0.25) is 0 Å². The van der Waals surface area contributed by atoms with E-state index in [1.807, 2.05) is 23.1 Å². The maximum Gasteiger partial charge on any atom is 0.317 e. The van der Waals surface area contributed by atoms with Crippen LogP contribution in [0.1, 0.15) is 110 Å². The van der Waals surface area contributed by atoms with Gasteiger partial charge in [0.1, 0.15) is 0 Å². The Balaban J connectivity index is 1.15. The van der Waals surface area contributed by atoms with Crippen LogP contribution in [0.4, 0.5) is 4.79 Å². The number of benzene rings is 1. The molecule has 3 N–H and O–H groups in total. The van der Waals surface area contributed by atoms with E-state index in [0.29, 0.717) is 35.6 Å². The van der Waals surface area contributed by atoms with Crippen molar-refractivity contribution < 1.29 is 15.0 Å². The van der Waals surface area contributed by atoms with Gasteiger partial charge in [0.25, 0.3) is 0 Å². The highest BCUT2D eigenvalue weighted by Crippen LogP contribution is 2.66. The number of urea groups is 1. The predicted octanol–water partition coefficient (Wildman–Crippen LogP) is 7.81. The van der Waals surface area contributed by atoms with Crippen LogP contribution < -0.4 is 5.32 Å². The number of carbonyl (C=O) groups excluding carboxylic acids is 1. The molecule has 8 rings (SSSR count). The normalized spacial score (nSPS) is 42.4. The van der Waals surface area contributed by atoms with Crippen molar-refractivity contribution in [2.75, 3.05) is 13.1 Å². The fourth-order valence-corrected chi connectivity index (χ4v) is 11.5. The molecule has 7 aliphatic rings. The van der Waals surface area contributed by atoms with E-state index in [1.54, 1.807) is 0 Å². The topological polar surface area (TPSA) is 72.8 Å². The van der Waals surface area contributed by atoms with Crippen molar-refractivity contribution in [3.8, 4) is 0 Å². The summed E-state index contributed by atoms with van der Waals surface area (Å²) in [6.45, 7) is 12.8. The van der Waals surface area contributed by atoms with E-state index in [0.717, 1.165) is 63.0 Å². The number of aliphatic hydroxyl groups excluding tert-OH is 1. The third-order valence-electron chi connectivity index (χ3n) is 14.7. The Morgan fingerprint density at radius 1 is 0.977 bits per heavy atom. The lowest BCUT2D eigenvalue weighted by atomic mass is 9.45. The first-order valence-electron chi connectivity index (χ1n) is 17.8. The second-order valence-electron chi connectivity index (χ2n) is 17.0. The molecular weight excluding hydrogens is 544 g/mol. The zero-order valence-corrected chi connectivity index (χ0v) is 27.8. The molecule has 1 aromatic rings. The number of aliphatic hydroxyl groups is 2.